The standard InChI is InChI=1S/C31H29N3O11S2/c1-18-12-13-25(47(42,43)32-22(16-17-46(39,40)41)30(37)45-34-26(35)14-15-27(34)36)19(2)29(18)44-31(38)28-20-8-4-6-10-23(20)33(3)24-11-7-5-9-21(24)28/h4-15,22,32H,16-17H2,1-3H3,(H2,38,39,40,41)/p+1. The number of sulfonamides is 1. The summed E-state index contributed by atoms with van der Waals surface area (Å²) in [5.74, 6) is -4.66. The molecule has 1 unspecified atom stereocenters. The lowest BCUT2D eigenvalue weighted by molar-refractivity contribution is -0.617. The molecule has 2 aromatic heterocycles. The van der Waals surface area contributed by atoms with E-state index in [4.69, 9.17) is 9.57 Å². The predicted octanol–water partition coefficient (Wildman–Crippen LogP) is 2.45. The molecule has 0 saturated heterocycles. The van der Waals surface area contributed by atoms with Crippen molar-refractivity contribution in [1.82, 2.24) is 9.45 Å². The van der Waals surface area contributed by atoms with E-state index in [0.29, 0.717) is 21.1 Å². The van der Waals surface area contributed by atoms with Crippen LogP contribution in [-0.2, 0) is 32.0 Å². The predicted molar refractivity (Wildman–Crippen MR) is 168 cm³/mol. The van der Waals surface area contributed by atoms with Crippen molar-refractivity contribution in [3.8, 4) is 17.5 Å². The van der Waals surface area contributed by atoms with E-state index in [9.17, 15) is 41.2 Å². The molecule has 5 aromatic rings. The van der Waals surface area contributed by atoms with Crippen molar-refractivity contribution in [1.29, 1.82) is 0 Å². The fourth-order valence-corrected chi connectivity index (χ4v) is 7.23. The monoisotopic (exact) mass is 684 g/mol. The van der Waals surface area contributed by atoms with Crippen LogP contribution in [0.2, 0.25) is 0 Å². The summed E-state index contributed by atoms with van der Waals surface area (Å²) in [7, 11) is -7.45. The normalized spacial score (nSPS) is 12.7. The van der Waals surface area contributed by atoms with E-state index >= 15 is 0 Å². The second-order valence-corrected chi connectivity index (χ2v) is 14.0. The minimum atomic E-state index is -4.67. The van der Waals surface area contributed by atoms with Crippen LogP contribution in [0, 0.1) is 13.8 Å². The van der Waals surface area contributed by atoms with Crippen LogP contribution in [0.15, 0.2) is 77.7 Å². The van der Waals surface area contributed by atoms with Gasteiger partial charge < -0.3 is 19.8 Å². The van der Waals surface area contributed by atoms with Gasteiger partial charge in [-0.15, -0.1) is 4.73 Å². The largest absolute Gasteiger partial charge is 0.492 e. The van der Waals surface area contributed by atoms with Crippen molar-refractivity contribution >= 4 is 53.9 Å². The number of nitrogens with one attached hydrogen (secondary N) is 1. The van der Waals surface area contributed by atoms with Gasteiger partial charge >= 0.3 is 11.9 Å². The van der Waals surface area contributed by atoms with Crippen LogP contribution in [-0.4, -0.2) is 60.1 Å². The van der Waals surface area contributed by atoms with Crippen molar-refractivity contribution < 1.29 is 55.3 Å². The number of carbonyl (C=O) groups is 2. The maximum atomic E-state index is 13.9. The molecular formula is C31H30N3O11S2+. The van der Waals surface area contributed by atoms with Crippen LogP contribution in [0.4, 0.5) is 0 Å². The Labute approximate surface area is 269 Å². The first-order chi connectivity index (χ1) is 22.1. The molecule has 0 bridgehead atoms. The Morgan fingerprint density at radius 3 is 1.98 bits per heavy atom. The Kier molecular flexibility index (Phi) is 8.96. The molecule has 0 amide bonds. The number of para-hydroxylation sites is 2. The highest BCUT2D eigenvalue weighted by Gasteiger charge is 2.32. The zero-order valence-corrected chi connectivity index (χ0v) is 26.9. The van der Waals surface area contributed by atoms with E-state index in [2.05, 4.69) is 4.72 Å². The van der Waals surface area contributed by atoms with Gasteiger partial charge in [0, 0.05) is 29.8 Å². The van der Waals surface area contributed by atoms with Crippen LogP contribution in [0.3, 0.4) is 0 Å². The minimum Gasteiger partial charge on any atom is -0.492 e. The van der Waals surface area contributed by atoms with Crippen LogP contribution < -0.4 is 18.9 Å². The van der Waals surface area contributed by atoms with E-state index in [1.807, 2.05) is 35.9 Å². The Morgan fingerprint density at radius 2 is 1.43 bits per heavy atom. The summed E-state index contributed by atoms with van der Waals surface area (Å²) in [6, 6.07) is 17.2. The third-order valence-corrected chi connectivity index (χ3v) is 9.90. The molecule has 0 radical (unpaired) electrons. The SMILES string of the molecule is Cc1ccc(S(=O)(=O)NC(CCS(=O)(=O)O)C(=O)On2c(O)ccc2O)c(C)c1OC(=O)c1c2ccccc2[n+](C)c2ccccc12. The first kappa shape index (κ1) is 33.3. The molecule has 14 nitrogen and oxygen atoms in total. The Hall–Kier alpha value is -5.03. The van der Waals surface area contributed by atoms with Crippen LogP contribution in [0.5, 0.6) is 17.5 Å². The Morgan fingerprint density at radius 1 is 0.872 bits per heavy atom. The summed E-state index contributed by atoms with van der Waals surface area (Å²) in [5.41, 5.74) is 2.21. The number of nitrogens with zero attached hydrogens (tertiary/aromatic N) is 2. The van der Waals surface area contributed by atoms with Crippen molar-refractivity contribution in [2.24, 2.45) is 7.05 Å². The van der Waals surface area contributed by atoms with Crippen molar-refractivity contribution in [2.75, 3.05) is 5.75 Å². The highest BCUT2D eigenvalue weighted by Crippen LogP contribution is 2.32. The zero-order valence-electron chi connectivity index (χ0n) is 25.2. The van der Waals surface area contributed by atoms with Gasteiger partial charge in [0.2, 0.25) is 32.8 Å². The molecule has 2 heterocycles. The average Bonchev–Trinajstić information content (AvgIpc) is 3.33. The van der Waals surface area contributed by atoms with Gasteiger partial charge in [0.1, 0.15) is 18.8 Å². The van der Waals surface area contributed by atoms with Gasteiger partial charge in [-0.1, -0.05) is 30.3 Å². The van der Waals surface area contributed by atoms with E-state index < -0.39 is 67.0 Å². The van der Waals surface area contributed by atoms with E-state index in [1.165, 1.54) is 19.1 Å². The van der Waals surface area contributed by atoms with Crippen LogP contribution in [0.1, 0.15) is 27.9 Å². The lowest BCUT2D eigenvalue weighted by atomic mass is 10.0. The highest BCUT2D eigenvalue weighted by molar-refractivity contribution is 7.89. The molecule has 3 aromatic carbocycles. The molecule has 0 saturated carbocycles. The quantitative estimate of drug-likeness (QED) is 0.0553. The van der Waals surface area contributed by atoms with Crippen molar-refractivity contribution in [3.05, 3.63) is 89.5 Å². The molecule has 0 aliphatic carbocycles. The second-order valence-electron chi connectivity index (χ2n) is 10.7. The molecule has 5 rings (SSSR count). The molecule has 246 valence electrons. The number of carbonyl (C=O) groups excluding carboxylic acids is 2. The number of hydrogen-bond donors (Lipinski definition) is 4. The minimum absolute atomic E-state index is 0.00328. The first-order valence-corrected chi connectivity index (χ1v) is 17.1. The lowest BCUT2D eigenvalue weighted by Crippen LogP contribution is -2.45. The first-order valence-electron chi connectivity index (χ1n) is 14.0. The topological polar surface area (TPSA) is 202 Å². The molecule has 16 heteroatoms. The maximum Gasteiger partial charge on any atom is 0.351 e. The summed E-state index contributed by atoms with van der Waals surface area (Å²) in [4.78, 5) is 31.3. The number of aryl methyl sites for hydroxylation is 2. The summed E-state index contributed by atoms with van der Waals surface area (Å²) in [6.45, 7) is 3.01. The summed E-state index contributed by atoms with van der Waals surface area (Å²) >= 11 is 0. The molecule has 0 aliphatic rings. The number of esters is 1. The maximum absolute atomic E-state index is 13.9. The number of aromatic nitrogens is 2. The summed E-state index contributed by atoms with van der Waals surface area (Å²) in [5, 5.41) is 20.9. The third kappa shape index (κ3) is 6.76. The van der Waals surface area contributed by atoms with Gasteiger partial charge in [-0.25, -0.2) is 18.0 Å². The van der Waals surface area contributed by atoms with Gasteiger partial charge in [0.15, 0.2) is 0 Å². The molecule has 0 fully saturated rings. The third-order valence-electron chi connectivity index (χ3n) is 7.54. The Balaban J connectivity index is 1.51. The molecule has 0 aliphatic heterocycles. The van der Waals surface area contributed by atoms with E-state index in [0.717, 1.165) is 23.2 Å². The van der Waals surface area contributed by atoms with Crippen molar-refractivity contribution in [3.63, 3.8) is 0 Å². The van der Waals surface area contributed by atoms with Crippen LogP contribution in [0.25, 0.3) is 21.8 Å². The molecule has 47 heavy (non-hydrogen) atoms. The average molecular weight is 685 g/mol. The van der Waals surface area contributed by atoms with Gasteiger partial charge in [-0.2, -0.15) is 17.7 Å². The number of rotatable bonds is 10. The van der Waals surface area contributed by atoms with E-state index in [1.54, 1.807) is 31.2 Å². The smallest absolute Gasteiger partial charge is 0.351 e. The molecule has 0 spiro atoms. The molecule has 4 N–H and O–H groups in total. The van der Waals surface area contributed by atoms with Gasteiger partial charge in [-0.3, -0.25) is 4.55 Å². The Bertz CT molecular complexity index is 2200. The number of ether oxygens (including phenoxy) is 1. The fourth-order valence-electron chi connectivity index (χ4n) is 5.24. The number of pyridine rings is 1. The van der Waals surface area contributed by atoms with E-state index in [-0.39, 0.29) is 16.9 Å². The van der Waals surface area contributed by atoms with Gasteiger partial charge in [0.05, 0.1) is 27.0 Å². The number of fused-ring (bicyclic) bond motifs is 2. The highest BCUT2D eigenvalue weighted by atomic mass is 32.2. The lowest BCUT2D eigenvalue weighted by Gasteiger charge is -2.20. The van der Waals surface area contributed by atoms with Gasteiger partial charge in [0.25, 0.3) is 10.1 Å². The number of hydrogen-bond acceptors (Lipinski definition) is 10. The summed E-state index contributed by atoms with van der Waals surface area (Å²) < 4.78 is 69.7. The summed E-state index contributed by atoms with van der Waals surface area (Å²) in [6.07, 6.45) is -0.780. The second kappa shape index (κ2) is 12.6. The molecule has 1 atom stereocenters. The van der Waals surface area contributed by atoms with Gasteiger partial charge in [-0.05, 0) is 44.0 Å². The van der Waals surface area contributed by atoms with Crippen molar-refractivity contribution in [2.45, 2.75) is 31.2 Å². The zero-order chi connectivity index (χ0) is 34.3. The molecular weight excluding hydrogens is 654 g/mol. The van der Waals surface area contributed by atoms with Crippen LogP contribution >= 0.6 is 0 Å². The fraction of sp³-hybridized carbons (Fsp3) is 0.194. The number of benzene rings is 3. The number of aromatic hydroxyl groups is 2.